The number of rotatable bonds is 7. The molecule has 1 aliphatic rings. The zero-order valence-corrected chi connectivity index (χ0v) is 19.2. The van der Waals surface area contributed by atoms with Crippen LogP contribution in [-0.2, 0) is 16.0 Å². The lowest BCUT2D eigenvalue weighted by Gasteiger charge is -2.34. The van der Waals surface area contributed by atoms with Crippen molar-refractivity contribution in [2.45, 2.75) is 57.5 Å². The fourth-order valence-electron chi connectivity index (χ4n) is 4.38. The third-order valence-electron chi connectivity index (χ3n) is 6.01. The summed E-state index contributed by atoms with van der Waals surface area (Å²) in [6.07, 6.45) is 9.06. The molecule has 0 saturated heterocycles. The number of pyridine rings is 1. The summed E-state index contributed by atoms with van der Waals surface area (Å²) in [6, 6.07) is 14.7. The van der Waals surface area contributed by atoms with E-state index in [1.807, 2.05) is 60.8 Å². The Morgan fingerprint density at radius 1 is 1.09 bits per heavy atom. The molecular formula is C26H29N3O2S. The van der Waals surface area contributed by atoms with Crippen LogP contribution in [0.25, 0.3) is 0 Å². The number of nitrogens with one attached hydrogen (secondary N) is 1. The lowest BCUT2D eigenvalue weighted by atomic mass is 9.94. The van der Waals surface area contributed by atoms with Gasteiger partial charge in [0.2, 0.25) is 11.8 Å². The Morgan fingerprint density at radius 3 is 2.59 bits per heavy atom. The number of carbonyl (C=O) groups is 2. The second kappa shape index (κ2) is 10.6. The molecule has 5 nitrogen and oxygen atoms in total. The standard InChI is InChI=1S/C26H29N3O2S/c1-19-9-5-6-14-23(19)29(24(30)17-22-13-8-16-32-22)25(20-10-7-15-27-18-20)26(31)28-21-11-3-2-4-12-21/h5-10,13-16,18,21,25H,2-4,11-12,17H2,1H3,(H,28,31)/t25-/m1/s1. The number of thiophene rings is 1. The average molecular weight is 448 g/mol. The molecule has 32 heavy (non-hydrogen) atoms. The van der Waals surface area contributed by atoms with Gasteiger partial charge in [0.1, 0.15) is 6.04 Å². The maximum Gasteiger partial charge on any atom is 0.248 e. The van der Waals surface area contributed by atoms with E-state index in [9.17, 15) is 9.59 Å². The van der Waals surface area contributed by atoms with E-state index < -0.39 is 6.04 Å². The molecule has 1 atom stereocenters. The van der Waals surface area contributed by atoms with Gasteiger partial charge in [0, 0.05) is 34.6 Å². The molecule has 2 aromatic heterocycles. The second-order valence-electron chi connectivity index (χ2n) is 8.34. The molecular weight excluding hydrogens is 418 g/mol. The van der Waals surface area contributed by atoms with Crippen LogP contribution in [0.1, 0.15) is 54.1 Å². The van der Waals surface area contributed by atoms with Gasteiger partial charge in [0.05, 0.1) is 6.42 Å². The first-order valence-corrected chi connectivity index (χ1v) is 12.1. The van der Waals surface area contributed by atoms with Gasteiger partial charge in [0.25, 0.3) is 0 Å². The molecule has 2 heterocycles. The number of benzene rings is 1. The van der Waals surface area contributed by atoms with Gasteiger partial charge in [-0.1, -0.05) is 49.6 Å². The molecule has 2 amide bonds. The van der Waals surface area contributed by atoms with E-state index in [2.05, 4.69) is 10.3 Å². The maximum atomic E-state index is 13.7. The number of para-hydroxylation sites is 1. The zero-order valence-electron chi connectivity index (χ0n) is 18.4. The summed E-state index contributed by atoms with van der Waals surface area (Å²) in [6.45, 7) is 1.97. The number of carbonyl (C=O) groups excluding carboxylic acids is 2. The van der Waals surface area contributed by atoms with Crippen LogP contribution in [0, 0.1) is 6.92 Å². The first kappa shape index (κ1) is 22.2. The first-order valence-electron chi connectivity index (χ1n) is 11.2. The van der Waals surface area contributed by atoms with Crippen LogP contribution in [0.5, 0.6) is 0 Å². The number of hydrogen-bond donors (Lipinski definition) is 1. The highest BCUT2D eigenvalue weighted by Crippen LogP contribution is 2.32. The van der Waals surface area contributed by atoms with Crippen LogP contribution in [0.2, 0.25) is 0 Å². The fourth-order valence-corrected chi connectivity index (χ4v) is 5.08. The van der Waals surface area contributed by atoms with Gasteiger partial charge in [-0.05, 0) is 48.9 Å². The summed E-state index contributed by atoms with van der Waals surface area (Å²) in [5, 5.41) is 5.21. The van der Waals surface area contributed by atoms with E-state index in [0.717, 1.165) is 41.8 Å². The predicted octanol–water partition coefficient (Wildman–Crippen LogP) is 5.22. The van der Waals surface area contributed by atoms with Crippen LogP contribution < -0.4 is 10.2 Å². The van der Waals surface area contributed by atoms with Gasteiger partial charge < -0.3 is 5.32 Å². The first-order chi connectivity index (χ1) is 15.6. The van der Waals surface area contributed by atoms with E-state index in [4.69, 9.17) is 0 Å². The zero-order chi connectivity index (χ0) is 22.3. The molecule has 1 aromatic carbocycles. The Labute approximate surface area is 193 Å². The molecule has 4 rings (SSSR count). The molecule has 0 unspecified atom stereocenters. The van der Waals surface area contributed by atoms with E-state index in [1.54, 1.807) is 28.6 Å². The number of nitrogens with zero attached hydrogens (tertiary/aromatic N) is 2. The summed E-state index contributed by atoms with van der Waals surface area (Å²) >= 11 is 1.55. The van der Waals surface area contributed by atoms with Crippen molar-refractivity contribution in [3.8, 4) is 0 Å². The van der Waals surface area contributed by atoms with E-state index in [-0.39, 0.29) is 24.3 Å². The molecule has 1 N–H and O–H groups in total. The van der Waals surface area contributed by atoms with Crippen molar-refractivity contribution in [3.63, 3.8) is 0 Å². The highest BCUT2D eigenvalue weighted by molar-refractivity contribution is 7.10. The quantitative estimate of drug-likeness (QED) is 0.540. The lowest BCUT2D eigenvalue weighted by Crippen LogP contribution is -2.48. The predicted molar refractivity (Wildman–Crippen MR) is 129 cm³/mol. The number of aromatic nitrogens is 1. The number of aryl methyl sites for hydroxylation is 1. The highest BCUT2D eigenvalue weighted by atomic mass is 32.1. The largest absolute Gasteiger partial charge is 0.351 e. The van der Waals surface area contributed by atoms with Gasteiger partial charge in [-0.25, -0.2) is 0 Å². The van der Waals surface area contributed by atoms with Crippen molar-refractivity contribution in [2.24, 2.45) is 0 Å². The number of anilines is 1. The molecule has 0 bridgehead atoms. The molecule has 1 saturated carbocycles. The lowest BCUT2D eigenvalue weighted by molar-refractivity contribution is -0.127. The molecule has 166 valence electrons. The van der Waals surface area contributed by atoms with Gasteiger partial charge in [0.15, 0.2) is 0 Å². The van der Waals surface area contributed by atoms with Crippen molar-refractivity contribution in [2.75, 3.05) is 4.90 Å². The molecule has 0 spiro atoms. The Bertz CT molecular complexity index is 1030. The Morgan fingerprint density at radius 2 is 1.91 bits per heavy atom. The fraction of sp³-hybridized carbons (Fsp3) is 0.346. The van der Waals surface area contributed by atoms with Crippen LogP contribution in [0.4, 0.5) is 5.69 Å². The van der Waals surface area contributed by atoms with E-state index >= 15 is 0 Å². The summed E-state index contributed by atoms with van der Waals surface area (Å²) in [7, 11) is 0. The smallest absolute Gasteiger partial charge is 0.248 e. The van der Waals surface area contributed by atoms with Gasteiger partial charge >= 0.3 is 0 Å². The number of amides is 2. The van der Waals surface area contributed by atoms with Crippen molar-refractivity contribution < 1.29 is 9.59 Å². The summed E-state index contributed by atoms with van der Waals surface area (Å²) in [4.78, 5) is 34.3. The minimum absolute atomic E-state index is 0.102. The third kappa shape index (κ3) is 5.25. The maximum absolute atomic E-state index is 13.7. The molecule has 0 aliphatic heterocycles. The highest BCUT2D eigenvalue weighted by Gasteiger charge is 2.34. The van der Waals surface area contributed by atoms with Crippen molar-refractivity contribution >= 4 is 28.8 Å². The number of hydrogen-bond acceptors (Lipinski definition) is 4. The molecule has 0 radical (unpaired) electrons. The second-order valence-corrected chi connectivity index (χ2v) is 9.37. The van der Waals surface area contributed by atoms with E-state index in [0.29, 0.717) is 5.56 Å². The molecule has 3 aromatic rings. The van der Waals surface area contributed by atoms with Crippen LogP contribution >= 0.6 is 11.3 Å². The van der Waals surface area contributed by atoms with Crippen LogP contribution in [0.3, 0.4) is 0 Å². The molecule has 6 heteroatoms. The van der Waals surface area contributed by atoms with Crippen molar-refractivity contribution in [1.82, 2.24) is 10.3 Å². The Hall–Kier alpha value is -2.99. The molecule has 1 fully saturated rings. The summed E-state index contributed by atoms with van der Waals surface area (Å²) in [5.74, 6) is -0.248. The monoisotopic (exact) mass is 447 g/mol. The van der Waals surface area contributed by atoms with Crippen LogP contribution in [-0.4, -0.2) is 22.8 Å². The normalized spacial score (nSPS) is 15.2. The van der Waals surface area contributed by atoms with Gasteiger partial charge in [-0.15, -0.1) is 11.3 Å². The van der Waals surface area contributed by atoms with Gasteiger partial charge in [-0.3, -0.25) is 19.5 Å². The Balaban J connectivity index is 1.74. The summed E-state index contributed by atoms with van der Waals surface area (Å²) in [5.41, 5.74) is 2.41. The summed E-state index contributed by atoms with van der Waals surface area (Å²) < 4.78 is 0. The molecule has 1 aliphatic carbocycles. The SMILES string of the molecule is Cc1ccccc1N(C(=O)Cc1cccs1)[C@@H](C(=O)NC1CCCCC1)c1cccnc1. The van der Waals surface area contributed by atoms with Gasteiger partial charge in [-0.2, -0.15) is 0 Å². The van der Waals surface area contributed by atoms with E-state index in [1.165, 1.54) is 6.42 Å². The minimum atomic E-state index is -0.779. The average Bonchev–Trinajstić information content (AvgIpc) is 3.32. The topological polar surface area (TPSA) is 62.3 Å². The minimum Gasteiger partial charge on any atom is -0.351 e. The Kier molecular flexibility index (Phi) is 7.32. The van der Waals surface area contributed by atoms with Crippen molar-refractivity contribution in [3.05, 3.63) is 82.3 Å². The third-order valence-corrected chi connectivity index (χ3v) is 6.88. The van der Waals surface area contributed by atoms with Crippen LogP contribution in [0.15, 0.2) is 66.3 Å². The van der Waals surface area contributed by atoms with Crippen molar-refractivity contribution in [1.29, 1.82) is 0 Å².